The van der Waals surface area contributed by atoms with E-state index in [9.17, 15) is 22.4 Å². The summed E-state index contributed by atoms with van der Waals surface area (Å²) in [5.74, 6) is -0.912. The molecule has 0 heterocycles. The Morgan fingerprint density at radius 1 is 0.976 bits per heavy atom. The van der Waals surface area contributed by atoms with Crippen LogP contribution in [0.15, 0.2) is 77.7 Å². The van der Waals surface area contributed by atoms with Gasteiger partial charge in [0.2, 0.25) is 11.8 Å². The Labute approximate surface area is 242 Å². The van der Waals surface area contributed by atoms with Gasteiger partial charge in [0.1, 0.15) is 24.2 Å². The first-order valence-electron chi connectivity index (χ1n) is 13.5. The lowest BCUT2D eigenvalue weighted by Gasteiger charge is -2.33. The number of hydrogen-bond acceptors (Lipinski definition) is 5. The number of rotatable bonds is 13. The predicted molar refractivity (Wildman–Crippen MR) is 158 cm³/mol. The molecule has 0 aliphatic rings. The summed E-state index contributed by atoms with van der Waals surface area (Å²) in [6.07, 6.45) is 0.288. The number of ether oxygens (including phenoxy) is 1. The van der Waals surface area contributed by atoms with E-state index >= 15 is 0 Å². The molecule has 10 heteroatoms. The van der Waals surface area contributed by atoms with Crippen LogP contribution in [0.2, 0.25) is 0 Å². The Morgan fingerprint density at radius 2 is 1.61 bits per heavy atom. The molecule has 2 amide bonds. The maximum atomic E-state index is 14.1. The molecule has 1 N–H and O–H groups in total. The summed E-state index contributed by atoms with van der Waals surface area (Å²) in [5, 5.41) is 2.88. The van der Waals surface area contributed by atoms with Gasteiger partial charge in [-0.1, -0.05) is 62.7 Å². The number of aryl methyl sites for hydroxylation is 1. The lowest BCUT2D eigenvalue weighted by molar-refractivity contribution is -0.140. The maximum Gasteiger partial charge on any atom is 0.264 e. The van der Waals surface area contributed by atoms with Crippen LogP contribution < -0.4 is 14.4 Å². The number of carbonyl (C=O) groups excluding carboxylic acids is 2. The van der Waals surface area contributed by atoms with Crippen LogP contribution in [-0.4, -0.2) is 51.4 Å². The van der Waals surface area contributed by atoms with Gasteiger partial charge >= 0.3 is 0 Å². The highest BCUT2D eigenvalue weighted by atomic mass is 32.2. The van der Waals surface area contributed by atoms with Gasteiger partial charge in [-0.15, -0.1) is 0 Å². The van der Waals surface area contributed by atoms with Gasteiger partial charge in [0.05, 0.1) is 17.7 Å². The number of amides is 2. The summed E-state index contributed by atoms with van der Waals surface area (Å²) in [6.45, 7) is 7.37. The molecule has 0 spiro atoms. The minimum atomic E-state index is -4.23. The third-order valence-electron chi connectivity index (χ3n) is 6.58. The van der Waals surface area contributed by atoms with Crippen LogP contribution in [0.1, 0.15) is 38.3 Å². The number of carbonyl (C=O) groups is 2. The van der Waals surface area contributed by atoms with Crippen LogP contribution >= 0.6 is 0 Å². The van der Waals surface area contributed by atoms with Gasteiger partial charge in [-0.2, -0.15) is 0 Å². The Kier molecular flexibility index (Phi) is 10.9. The number of benzene rings is 3. The van der Waals surface area contributed by atoms with Crippen LogP contribution in [0.25, 0.3) is 0 Å². The van der Waals surface area contributed by atoms with Crippen LogP contribution in [-0.2, 0) is 26.2 Å². The Morgan fingerprint density at radius 3 is 2.20 bits per heavy atom. The molecule has 1 atom stereocenters. The van der Waals surface area contributed by atoms with Crippen molar-refractivity contribution in [1.82, 2.24) is 10.2 Å². The second-order valence-corrected chi connectivity index (χ2v) is 12.1. The molecular formula is C31H38FN3O5S. The van der Waals surface area contributed by atoms with E-state index in [1.54, 1.807) is 43.3 Å². The summed E-state index contributed by atoms with van der Waals surface area (Å²) in [6, 6.07) is 17.6. The lowest BCUT2D eigenvalue weighted by Crippen LogP contribution is -2.52. The molecule has 0 fully saturated rings. The highest BCUT2D eigenvalue weighted by Crippen LogP contribution is 2.32. The monoisotopic (exact) mass is 583 g/mol. The smallest absolute Gasteiger partial charge is 0.264 e. The maximum absolute atomic E-state index is 14.1. The normalized spacial score (nSPS) is 12.1. The molecule has 3 aromatic carbocycles. The van der Waals surface area contributed by atoms with E-state index in [2.05, 4.69) is 5.32 Å². The summed E-state index contributed by atoms with van der Waals surface area (Å²) >= 11 is 0. The molecule has 3 aromatic rings. The summed E-state index contributed by atoms with van der Waals surface area (Å²) in [4.78, 5) is 28.7. The van der Waals surface area contributed by atoms with Crippen molar-refractivity contribution in [3.63, 3.8) is 0 Å². The molecule has 220 valence electrons. The molecule has 0 aromatic heterocycles. The van der Waals surface area contributed by atoms with Crippen molar-refractivity contribution < 1.29 is 27.1 Å². The number of nitrogens with zero attached hydrogens (tertiary/aromatic N) is 2. The first-order valence-corrected chi connectivity index (χ1v) is 15.0. The Balaban J connectivity index is 2.08. The number of anilines is 1. The van der Waals surface area contributed by atoms with Gasteiger partial charge in [0.15, 0.2) is 0 Å². The molecular weight excluding hydrogens is 545 g/mol. The number of sulfonamides is 1. The fourth-order valence-electron chi connectivity index (χ4n) is 4.32. The molecule has 0 saturated heterocycles. The fourth-order valence-corrected chi connectivity index (χ4v) is 5.74. The van der Waals surface area contributed by atoms with Crippen LogP contribution in [0.3, 0.4) is 0 Å². The third kappa shape index (κ3) is 8.07. The quantitative estimate of drug-likeness (QED) is 0.308. The van der Waals surface area contributed by atoms with E-state index in [-0.39, 0.29) is 41.1 Å². The largest absolute Gasteiger partial charge is 0.495 e. The molecule has 8 nitrogen and oxygen atoms in total. The third-order valence-corrected chi connectivity index (χ3v) is 8.35. The van der Waals surface area contributed by atoms with Crippen molar-refractivity contribution in [2.24, 2.45) is 5.92 Å². The minimum Gasteiger partial charge on any atom is -0.495 e. The van der Waals surface area contributed by atoms with Crippen LogP contribution in [0.5, 0.6) is 5.75 Å². The SMILES string of the molecule is CC[C@@H](C(=O)NCC(C)C)N(Cc1ccc(F)cc1)C(=O)CN(c1ccccc1OC)S(=O)(=O)c1ccc(C)cc1. The zero-order valence-electron chi connectivity index (χ0n) is 24.1. The first-order chi connectivity index (χ1) is 19.5. The second kappa shape index (κ2) is 14.1. The van der Waals surface area contributed by atoms with E-state index in [1.807, 2.05) is 20.8 Å². The summed E-state index contributed by atoms with van der Waals surface area (Å²) in [7, 11) is -2.81. The van der Waals surface area contributed by atoms with Crippen molar-refractivity contribution >= 4 is 27.5 Å². The fraction of sp³-hybridized carbons (Fsp3) is 0.355. The zero-order chi connectivity index (χ0) is 30.2. The van der Waals surface area contributed by atoms with E-state index in [0.29, 0.717) is 12.1 Å². The van der Waals surface area contributed by atoms with Gasteiger partial charge in [-0.05, 0) is 61.2 Å². The van der Waals surface area contributed by atoms with Crippen molar-refractivity contribution in [1.29, 1.82) is 0 Å². The zero-order valence-corrected chi connectivity index (χ0v) is 24.9. The predicted octanol–water partition coefficient (Wildman–Crippen LogP) is 4.92. The lowest BCUT2D eigenvalue weighted by atomic mass is 10.1. The van der Waals surface area contributed by atoms with E-state index < -0.39 is 34.3 Å². The molecule has 0 radical (unpaired) electrons. The average Bonchev–Trinajstić information content (AvgIpc) is 2.95. The van der Waals surface area contributed by atoms with Crippen molar-refractivity contribution in [3.05, 3.63) is 89.7 Å². The number of nitrogens with one attached hydrogen (secondary N) is 1. The average molecular weight is 584 g/mol. The molecule has 0 aliphatic heterocycles. The van der Waals surface area contributed by atoms with Gasteiger partial charge in [0.25, 0.3) is 10.0 Å². The van der Waals surface area contributed by atoms with Crippen molar-refractivity contribution in [2.75, 3.05) is 24.5 Å². The van der Waals surface area contributed by atoms with Crippen LogP contribution in [0, 0.1) is 18.7 Å². The second-order valence-electron chi connectivity index (χ2n) is 10.2. The van der Waals surface area contributed by atoms with Crippen molar-refractivity contribution in [3.8, 4) is 5.75 Å². The first kappa shape index (κ1) is 31.6. The van der Waals surface area contributed by atoms with Crippen molar-refractivity contribution in [2.45, 2.75) is 51.6 Å². The van der Waals surface area contributed by atoms with Gasteiger partial charge < -0.3 is 15.0 Å². The number of para-hydroxylation sites is 2. The minimum absolute atomic E-state index is 0.00797. The number of hydrogen-bond donors (Lipinski definition) is 1. The van der Waals surface area contributed by atoms with Gasteiger partial charge in [-0.25, -0.2) is 12.8 Å². The van der Waals surface area contributed by atoms with Gasteiger partial charge in [0, 0.05) is 13.1 Å². The molecule has 41 heavy (non-hydrogen) atoms. The molecule has 0 saturated carbocycles. The number of halogens is 1. The highest BCUT2D eigenvalue weighted by molar-refractivity contribution is 7.92. The molecule has 0 bridgehead atoms. The topological polar surface area (TPSA) is 96.0 Å². The molecule has 0 aliphatic carbocycles. The summed E-state index contributed by atoms with van der Waals surface area (Å²) in [5.41, 5.74) is 1.66. The van der Waals surface area contributed by atoms with E-state index in [0.717, 1.165) is 9.87 Å². The molecule has 0 unspecified atom stereocenters. The Hall–Kier alpha value is -3.92. The van der Waals surface area contributed by atoms with E-state index in [4.69, 9.17) is 4.74 Å². The molecule has 3 rings (SSSR count). The van der Waals surface area contributed by atoms with Gasteiger partial charge in [-0.3, -0.25) is 13.9 Å². The number of methoxy groups -OCH3 is 1. The standard InChI is InChI=1S/C31H38FN3O5S/c1-6-27(31(37)33-19-22(2)3)34(20-24-13-15-25(32)16-14-24)30(36)21-35(28-9-7-8-10-29(28)40-5)41(38,39)26-17-11-23(4)12-18-26/h7-18,22,27H,6,19-21H2,1-5H3,(H,33,37)/t27-/m0/s1. The Bertz CT molecular complexity index is 1430. The van der Waals surface area contributed by atoms with Crippen LogP contribution in [0.4, 0.5) is 10.1 Å². The summed E-state index contributed by atoms with van der Waals surface area (Å²) < 4.78 is 48.1. The van der Waals surface area contributed by atoms with E-state index in [1.165, 1.54) is 48.4 Å². The highest BCUT2D eigenvalue weighted by Gasteiger charge is 2.34.